The summed E-state index contributed by atoms with van der Waals surface area (Å²) >= 11 is 0. The minimum absolute atomic E-state index is 0.588. The van der Waals surface area contributed by atoms with Gasteiger partial charge in [0.15, 0.2) is 0 Å². The van der Waals surface area contributed by atoms with Crippen LogP contribution >= 0.6 is 0 Å². The van der Waals surface area contributed by atoms with E-state index in [1.165, 1.54) is 0 Å². The van der Waals surface area contributed by atoms with Gasteiger partial charge >= 0.3 is 0 Å². The van der Waals surface area contributed by atoms with Crippen molar-refractivity contribution in [1.29, 1.82) is 0 Å². The molecule has 3 heterocycles. The van der Waals surface area contributed by atoms with E-state index in [0.717, 1.165) is 54.4 Å². The topological polar surface area (TPSA) is 60.4 Å². The van der Waals surface area contributed by atoms with E-state index in [9.17, 15) is 0 Å². The first-order chi connectivity index (χ1) is 12.2. The van der Waals surface area contributed by atoms with Crippen molar-refractivity contribution in [3.05, 3.63) is 17.6 Å². The highest BCUT2D eigenvalue weighted by Gasteiger charge is 2.19. The minimum Gasteiger partial charge on any atom is -0.480 e. The zero-order chi connectivity index (χ0) is 18.8. The van der Waals surface area contributed by atoms with Crippen LogP contribution in [-0.4, -0.2) is 48.4 Å². The van der Waals surface area contributed by atoms with Gasteiger partial charge in [0.05, 0.1) is 19.2 Å². The highest BCUT2D eigenvalue weighted by Crippen LogP contribution is 2.31. The first kappa shape index (κ1) is 21.1. The van der Waals surface area contributed by atoms with Crippen LogP contribution in [0.15, 0.2) is 6.07 Å². The number of methoxy groups -OCH3 is 1. The molecule has 0 saturated carbocycles. The van der Waals surface area contributed by atoms with E-state index in [1.807, 2.05) is 47.6 Å². The SMILES string of the molecule is CC.CC.COc1nc(C)cc2nc(C)nc(N3CCCOCC3)c12. The number of rotatable bonds is 2. The van der Waals surface area contributed by atoms with E-state index in [4.69, 9.17) is 9.47 Å². The molecule has 140 valence electrons. The summed E-state index contributed by atoms with van der Waals surface area (Å²) in [6.45, 7) is 15.1. The summed E-state index contributed by atoms with van der Waals surface area (Å²) in [4.78, 5) is 15.9. The fraction of sp³-hybridized carbons (Fsp3) is 0.632. The molecular weight excluding hydrogens is 316 g/mol. The Morgan fingerprint density at radius 1 is 1.00 bits per heavy atom. The second-order valence-corrected chi connectivity index (χ2v) is 5.21. The molecule has 6 nitrogen and oxygen atoms in total. The molecule has 1 saturated heterocycles. The number of hydrogen-bond acceptors (Lipinski definition) is 6. The van der Waals surface area contributed by atoms with Crippen LogP contribution in [0, 0.1) is 13.8 Å². The summed E-state index contributed by atoms with van der Waals surface area (Å²) in [6.07, 6.45) is 0.992. The van der Waals surface area contributed by atoms with Crippen molar-refractivity contribution in [2.75, 3.05) is 38.3 Å². The maximum Gasteiger partial charge on any atom is 0.226 e. The number of pyridine rings is 1. The number of ether oxygens (including phenoxy) is 2. The molecule has 6 heteroatoms. The maximum absolute atomic E-state index is 5.53. The lowest BCUT2D eigenvalue weighted by Gasteiger charge is -2.23. The van der Waals surface area contributed by atoms with Gasteiger partial charge < -0.3 is 14.4 Å². The minimum atomic E-state index is 0.588. The standard InChI is InChI=1S/C15H20N4O2.2C2H6/c1-10-9-12-13(15(16-10)20-3)14(18-11(2)17-12)19-5-4-7-21-8-6-19;2*1-2/h9H,4-8H2,1-3H3;2*1-2H3. The molecule has 0 bridgehead atoms. The lowest BCUT2D eigenvalue weighted by Crippen LogP contribution is -2.27. The van der Waals surface area contributed by atoms with Crippen LogP contribution in [0.25, 0.3) is 10.9 Å². The molecule has 1 fully saturated rings. The molecule has 0 atom stereocenters. The molecule has 0 N–H and O–H groups in total. The van der Waals surface area contributed by atoms with Crippen LogP contribution in [0.3, 0.4) is 0 Å². The summed E-state index contributed by atoms with van der Waals surface area (Å²) in [5.41, 5.74) is 1.77. The Morgan fingerprint density at radius 2 is 1.72 bits per heavy atom. The van der Waals surface area contributed by atoms with E-state index in [-0.39, 0.29) is 0 Å². The van der Waals surface area contributed by atoms with Gasteiger partial charge in [-0.05, 0) is 26.3 Å². The van der Waals surface area contributed by atoms with Crippen LogP contribution in [0.5, 0.6) is 5.88 Å². The average Bonchev–Trinajstić information content (AvgIpc) is 2.92. The highest BCUT2D eigenvalue weighted by atomic mass is 16.5. The molecule has 3 rings (SSSR count). The normalized spacial score (nSPS) is 14.0. The summed E-state index contributed by atoms with van der Waals surface area (Å²) < 4.78 is 11.0. The van der Waals surface area contributed by atoms with Gasteiger partial charge in [-0.15, -0.1) is 0 Å². The molecule has 0 spiro atoms. The number of aromatic nitrogens is 3. The van der Waals surface area contributed by atoms with Gasteiger partial charge in [0.2, 0.25) is 5.88 Å². The third-order valence-electron chi connectivity index (χ3n) is 3.58. The predicted molar refractivity (Wildman–Crippen MR) is 104 cm³/mol. The second kappa shape index (κ2) is 10.8. The van der Waals surface area contributed by atoms with Crippen molar-refractivity contribution in [3.8, 4) is 5.88 Å². The Hall–Kier alpha value is -1.95. The fourth-order valence-electron chi connectivity index (χ4n) is 2.67. The molecule has 0 aliphatic carbocycles. The van der Waals surface area contributed by atoms with Gasteiger partial charge in [-0.3, -0.25) is 0 Å². The molecule has 2 aromatic rings. The number of anilines is 1. The zero-order valence-electron chi connectivity index (χ0n) is 16.7. The molecule has 0 aromatic carbocycles. The largest absolute Gasteiger partial charge is 0.480 e. The van der Waals surface area contributed by atoms with E-state index in [0.29, 0.717) is 12.5 Å². The molecule has 0 unspecified atom stereocenters. The molecule has 2 aromatic heterocycles. The van der Waals surface area contributed by atoms with Crippen molar-refractivity contribution < 1.29 is 9.47 Å². The first-order valence-electron chi connectivity index (χ1n) is 9.21. The third kappa shape index (κ3) is 5.26. The number of aryl methyl sites for hydroxylation is 2. The molecule has 0 amide bonds. The Bertz CT molecular complexity index is 648. The van der Waals surface area contributed by atoms with E-state index >= 15 is 0 Å². The van der Waals surface area contributed by atoms with E-state index in [1.54, 1.807) is 7.11 Å². The monoisotopic (exact) mass is 348 g/mol. The van der Waals surface area contributed by atoms with Crippen LogP contribution in [-0.2, 0) is 4.74 Å². The first-order valence-corrected chi connectivity index (χ1v) is 9.21. The molecule has 1 aliphatic heterocycles. The van der Waals surface area contributed by atoms with Gasteiger partial charge in [0.1, 0.15) is 17.0 Å². The molecule has 0 radical (unpaired) electrons. The van der Waals surface area contributed by atoms with Crippen molar-refractivity contribution in [2.45, 2.75) is 48.0 Å². The second-order valence-electron chi connectivity index (χ2n) is 5.21. The van der Waals surface area contributed by atoms with Gasteiger partial charge in [-0.1, -0.05) is 27.7 Å². The van der Waals surface area contributed by atoms with Crippen molar-refractivity contribution in [3.63, 3.8) is 0 Å². The lowest BCUT2D eigenvalue weighted by atomic mass is 10.2. The predicted octanol–water partition coefficient (Wildman–Crippen LogP) is 3.93. The molecular formula is C19H32N4O2. The molecule has 25 heavy (non-hydrogen) atoms. The van der Waals surface area contributed by atoms with Gasteiger partial charge in [-0.2, -0.15) is 0 Å². The van der Waals surface area contributed by atoms with Gasteiger partial charge in [0, 0.05) is 25.4 Å². The smallest absolute Gasteiger partial charge is 0.226 e. The Morgan fingerprint density at radius 3 is 2.40 bits per heavy atom. The highest BCUT2D eigenvalue weighted by molar-refractivity contribution is 5.94. The fourth-order valence-corrected chi connectivity index (χ4v) is 2.67. The number of nitrogens with zero attached hydrogens (tertiary/aromatic N) is 4. The summed E-state index contributed by atoms with van der Waals surface area (Å²) in [5, 5.41) is 0.885. The summed E-state index contributed by atoms with van der Waals surface area (Å²) in [7, 11) is 1.64. The van der Waals surface area contributed by atoms with Crippen LogP contribution in [0.4, 0.5) is 5.82 Å². The Balaban J connectivity index is 0.000000730. The van der Waals surface area contributed by atoms with Crippen molar-refractivity contribution in [2.24, 2.45) is 0 Å². The van der Waals surface area contributed by atoms with Crippen LogP contribution < -0.4 is 9.64 Å². The lowest BCUT2D eigenvalue weighted by molar-refractivity contribution is 0.152. The maximum atomic E-state index is 5.53. The van der Waals surface area contributed by atoms with Crippen molar-refractivity contribution in [1.82, 2.24) is 15.0 Å². The number of fused-ring (bicyclic) bond motifs is 1. The van der Waals surface area contributed by atoms with Gasteiger partial charge in [0.25, 0.3) is 0 Å². The van der Waals surface area contributed by atoms with Crippen LogP contribution in [0.1, 0.15) is 45.6 Å². The zero-order valence-corrected chi connectivity index (χ0v) is 16.7. The Labute approximate surface area is 151 Å². The summed E-state index contributed by atoms with van der Waals surface area (Å²) in [5.74, 6) is 2.24. The average molecular weight is 348 g/mol. The number of hydrogen-bond donors (Lipinski definition) is 0. The van der Waals surface area contributed by atoms with E-state index < -0.39 is 0 Å². The van der Waals surface area contributed by atoms with Crippen molar-refractivity contribution >= 4 is 16.7 Å². The van der Waals surface area contributed by atoms with E-state index in [2.05, 4.69) is 19.9 Å². The Kier molecular flexibility index (Phi) is 9.13. The quantitative estimate of drug-likeness (QED) is 0.819. The molecule has 1 aliphatic rings. The van der Waals surface area contributed by atoms with Crippen LogP contribution in [0.2, 0.25) is 0 Å². The van der Waals surface area contributed by atoms with Gasteiger partial charge in [-0.25, -0.2) is 15.0 Å². The third-order valence-corrected chi connectivity index (χ3v) is 3.58. The summed E-state index contributed by atoms with van der Waals surface area (Å²) in [6, 6.07) is 1.98.